The number of hydrogen-bond donors (Lipinski definition) is 2. The van der Waals surface area contributed by atoms with Gasteiger partial charge in [-0.05, 0) is 81.4 Å². The molecule has 5 aromatic rings. The van der Waals surface area contributed by atoms with Crippen LogP contribution in [0.3, 0.4) is 0 Å². The van der Waals surface area contributed by atoms with E-state index in [0.29, 0.717) is 45.4 Å². The lowest BCUT2D eigenvalue weighted by Crippen LogP contribution is -2.19. The van der Waals surface area contributed by atoms with Gasteiger partial charge in [0.05, 0.1) is 46.0 Å². The molecule has 0 unspecified atom stereocenters. The monoisotopic (exact) mass is 557 g/mol. The van der Waals surface area contributed by atoms with Crippen molar-refractivity contribution in [1.29, 1.82) is 0 Å². The van der Waals surface area contributed by atoms with Crippen LogP contribution in [0.4, 0.5) is 11.6 Å². The van der Waals surface area contributed by atoms with Gasteiger partial charge in [-0.1, -0.05) is 23.4 Å². The minimum atomic E-state index is -3.90. The van der Waals surface area contributed by atoms with Gasteiger partial charge < -0.3 is 9.26 Å². The van der Waals surface area contributed by atoms with Crippen molar-refractivity contribution in [3.8, 4) is 22.7 Å². The van der Waals surface area contributed by atoms with Crippen molar-refractivity contribution in [1.82, 2.24) is 14.9 Å². The second kappa shape index (κ2) is 10.7. The topological polar surface area (TPSA) is 132 Å². The highest BCUT2D eigenvalue weighted by Crippen LogP contribution is 2.27. The van der Waals surface area contributed by atoms with Crippen LogP contribution in [0, 0.1) is 13.8 Å². The zero-order chi connectivity index (χ0) is 28.4. The first-order chi connectivity index (χ1) is 19.2. The number of aliphatic imine (C=N–C) groups is 1. The minimum absolute atomic E-state index is 0.0320. The summed E-state index contributed by atoms with van der Waals surface area (Å²) in [5, 5.41) is 7.01. The summed E-state index contributed by atoms with van der Waals surface area (Å²) in [6.07, 6.45) is 0. The first kappa shape index (κ1) is 26.7. The predicted octanol–water partition coefficient (Wildman–Crippen LogP) is 5.39. The molecule has 2 N–H and O–H groups in total. The Labute approximate surface area is 231 Å². The van der Waals surface area contributed by atoms with Gasteiger partial charge >= 0.3 is 0 Å². The van der Waals surface area contributed by atoms with E-state index in [1.165, 1.54) is 16.8 Å². The Morgan fingerprint density at radius 1 is 1.00 bits per heavy atom. The molecule has 0 aliphatic carbocycles. The lowest BCUT2D eigenvalue weighted by atomic mass is 10.0. The van der Waals surface area contributed by atoms with Gasteiger partial charge in [-0.2, -0.15) is 0 Å². The van der Waals surface area contributed by atoms with Crippen LogP contribution in [0.15, 0.2) is 98.1 Å². The molecule has 0 spiro atoms. The Morgan fingerprint density at radius 2 is 1.68 bits per heavy atom. The average molecular weight is 558 g/mol. The zero-order valence-electron chi connectivity index (χ0n) is 22.3. The fourth-order valence-corrected chi connectivity index (χ4v) is 5.19. The number of aryl methyl sites for hydroxylation is 1. The molecule has 2 heterocycles. The van der Waals surface area contributed by atoms with E-state index in [1.54, 1.807) is 40.0 Å². The molecule has 0 fully saturated rings. The molecule has 0 radical (unpaired) electrons. The van der Waals surface area contributed by atoms with Crippen LogP contribution < -0.4 is 15.0 Å². The van der Waals surface area contributed by atoms with E-state index in [0.717, 1.165) is 5.56 Å². The van der Waals surface area contributed by atoms with Crippen molar-refractivity contribution in [2.75, 3.05) is 11.8 Å². The molecule has 0 saturated heterocycles. The number of aromatic amines is 1. The van der Waals surface area contributed by atoms with Crippen LogP contribution in [0.5, 0.6) is 5.75 Å². The fraction of sp³-hybridized carbons (Fsp3) is 0.138. The fourth-order valence-electron chi connectivity index (χ4n) is 4.14. The lowest BCUT2D eigenvalue weighted by molar-refractivity contribution is 0.415. The Balaban J connectivity index is 1.51. The molecular weight excluding hydrogens is 530 g/mol. The van der Waals surface area contributed by atoms with Gasteiger partial charge in [-0.25, -0.2) is 17.8 Å². The molecule has 0 aliphatic heterocycles. The average Bonchev–Trinajstić information content (AvgIpc) is 3.47. The Bertz CT molecular complexity index is 1850. The Hall–Kier alpha value is -4.90. The molecule has 11 heteroatoms. The van der Waals surface area contributed by atoms with E-state index in [2.05, 4.69) is 20.0 Å². The number of anilines is 1. The van der Waals surface area contributed by atoms with Gasteiger partial charge in [0.1, 0.15) is 5.75 Å². The van der Waals surface area contributed by atoms with Gasteiger partial charge in [0.2, 0.25) is 5.88 Å². The minimum Gasteiger partial charge on any atom is -0.497 e. The highest BCUT2D eigenvalue weighted by Gasteiger charge is 2.21. The largest absolute Gasteiger partial charge is 0.497 e. The Morgan fingerprint density at radius 3 is 2.27 bits per heavy atom. The van der Waals surface area contributed by atoms with E-state index in [1.807, 2.05) is 54.6 Å². The molecule has 0 atom stereocenters. The maximum Gasteiger partial charge on any atom is 0.280 e. The second-order valence-electron chi connectivity index (χ2n) is 9.09. The summed E-state index contributed by atoms with van der Waals surface area (Å²) in [6.45, 7) is 5.19. The van der Waals surface area contributed by atoms with Crippen LogP contribution in [0.2, 0.25) is 0 Å². The van der Waals surface area contributed by atoms with Crippen molar-refractivity contribution < 1.29 is 17.7 Å². The van der Waals surface area contributed by atoms with Gasteiger partial charge in [0.15, 0.2) is 0 Å². The molecule has 2 aromatic heterocycles. The number of nitrogens with zero attached hydrogens (tertiary/aromatic N) is 3. The molecule has 0 amide bonds. The number of H-pyrrole nitrogens is 1. The highest BCUT2D eigenvalue weighted by atomic mass is 32.2. The maximum atomic E-state index is 13.6. The number of nitrogens with one attached hydrogen (secondary N) is 2. The highest BCUT2D eigenvalue weighted by molar-refractivity contribution is 7.92. The third-order valence-corrected chi connectivity index (χ3v) is 7.82. The van der Waals surface area contributed by atoms with Gasteiger partial charge in [-0.15, -0.1) is 0 Å². The Kier molecular flexibility index (Phi) is 7.14. The number of benzene rings is 3. The number of sulfonamides is 1. The second-order valence-corrected chi connectivity index (χ2v) is 10.8. The molecule has 40 heavy (non-hydrogen) atoms. The zero-order valence-corrected chi connectivity index (χ0v) is 23.1. The third-order valence-electron chi connectivity index (χ3n) is 6.47. The molecule has 5 rings (SSSR count). The van der Waals surface area contributed by atoms with Gasteiger partial charge in [0, 0.05) is 11.1 Å². The number of methoxy groups -OCH3 is 1. The molecular formula is C29H27N5O5S. The van der Waals surface area contributed by atoms with Crippen LogP contribution in [0.1, 0.15) is 23.7 Å². The first-order valence-electron chi connectivity index (χ1n) is 12.3. The quantitative estimate of drug-likeness (QED) is 0.246. The molecule has 0 aliphatic rings. The maximum absolute atomic E-state index is 13.6. The number of aromatic nitrogens is 3. The van der Waals surface area contributed by atoms with E-state index in [9.17, 15) is 13.2 Å². The summed E-state index contributed by atoms with van der Waals surface area (Å²) in [4.78, 5) is 18.3. The summed E-state index contributed by atoms with van der Waals surface area (Å²) in [5.74, 6) is 0.766. The molecule has 0 saturated carbocycles. The summed E-state index contributed by atoms with van der Waals surface area (Å²) < 4.78 is 40.0. The van der Waals surface area contributed by atoms with Gasteiger partial charge in [0.25, 0.3) is 15.6 Å². The summed E-state index contributed by atoms with van der Waals surface area (Å²) >= 11 is 0. The molecule has 0 bridgehead atoms. The van der Waals surface area contributed by atoms with E-state index in [-0.39, 0.29) is 16.3 Å². The SMILES string of the molecule is COc1ccc(-c2[nH]n(-c3ccccc3)c(=O)c2C(C)=Nc2ccc(S(=O)(=O)Nc3onc(C)c3C)cc2)cc1. The van der Waals surface area contributed by atoms with Crippen molar-refractivity contribution in [3.05, 3.63) is 106 Å². The van der Waals surface area contributed by atoms with Crippen LogP contribution in [-0.2, 0) is 10.0 Å². The van der Waals surface area contributed by atoms with Gasteiger partial charge in [-0.3, -0.25) is 14.9 Å². The molecule has 3 aromatic carbocycles. The normalized spacial score (nSPS) is 11.9. The van der Waals surface area contributed by atoms with Crippen LogP contribution in [-0.4, -0.2) is 36.2 Å². The van der Waals surface area contributed by atoms with Crippen molar-refractivity contribution in [3.63, 3.8) is 0 Å². The predicted molar refractivity (Wildman–Crippen MR) is 153 cm³/mol. The van der Waals surface area contributed by atoms with Crippen molar-refractivity contribution in [2.24, 2.45) is 4.99 Å². The van der Waals surface area contributed by atoms with Crippen molar-refractivity contribution >= 4 is 27.3 Å². The van der Waals surface area contributed by atoms with E-state index >= 15 is 0 Å². The summed E-state index contributed by atoms with van der Waals surface area (Å²) in [6, 6.07) is 22.6. The van der Waals surface area contributed by atoms with Crippen molar-refractivity contribution in [2.45, 2.75) is 25.7 Å². The smallest absolute Gasteiger partial charge is 0.280 e. The molecule has 204 valence electrons. The summed E-state index contributed by atoms with van der Waals surface area (Å²) in [7, 11) is -2.31. The van der Waals surface area contributed by atoms with Crippen LogP contribution >= 0.6 is 0 Å². The van der Waals surface area contributed by atoms with E-state index in [4.69, 9.17) is 9.26 Å². The number of hydrogen-bond acceptors (Lipinski definition) is 7. The number of rotatable bonds is 8. The standard InChI is InChI=1S/C29H27N5O5S/c1-18-19(2)32-39-28(18)33-40(36,37)25-16-12-22(13-17-25)30-20(3)26-27(21-10-14-24(38-4)15-11-21)31-34(29(26)35)23-8-6-5-7-9-23/h5-17,31,33H,1-4H3. The molecule has 10 nitrogen and oxygen atoms in total. The first-order valence-corrected chi connectivity index (χ1v) is 13.8. The number of para-hydroxylation sites is 1. The van der Waals surface area contributed by atoms with Crippen LogP contribution in [0.25, 0.3) is 16.9 Å². The lowest BCUT2D eigenvalue weighted by Gasteiger charge is -2.07. The van der Waals surface area contributed by atoms with E-state index < -0.39 is 10.0 Å². The number of ether oxygens (including phenoxy) is 1. The summed E-state index contributed by atoms with van der Waals surface area (Å²) in [5.41, 5.74) is 4.34. The third kappa shape index (κ3) is 5.19.